The summed E-state index contributed by atoms with van der Waals surface area (Å²) in [5, 5.41) is 11.0. The van der Waals surface area contributed by atoms with Crippen molar-refractivity contribution in [3.8, 4) is 0 Å². The quantitative estimate of drug-likeness (QED) is 0.946. The zero-order valence-electron chi connectivity index (χ0n) is 14.0. The lowest BCUT2D eigenvalue weighted by Gasteiger charge is -2.26. The first-order chi connectivity index (χ1) is 10.9. The molecule has 0 aliphatic carbocycles. The topological polar surface area (TPSA) is 45.5 Å². The van der Waals surface area contributed by atoms with Gasteiger partial charge in [-0.05, 0) is 50.5 Å². The minimum absolute atomic E-state index is 0.00629. The fourth-order valence-corrected chi connectivity index (χ4v) is 3.47. The van der Waals surface area contributed by atoms with E-state index in [2.05, 4.69) is 13.8 Å². The number of benzene rings is 1. The molecule has 23 heavy (non-hydrogen) atoms. The Morgan fingerprint density at radius 1 is 1.22 bits per heavy atom. The summed E-state index contributed by atoms with van der Waals surface area (Å²) in [6.07, 6.45) is 2.51. The molecule has 1 aromatic heterocycles. The van der Waals surface area contributed by atoms with E-state index in [-0.39, 0.29) is 11.9 Å². The maximum atomic E-state index is 12.8. The molecule has 1 N–H and O–H groups in total. The normalized spacial score (nSPS) is 21.2. The van der Waals surface area contributed by atoms with E-state index in [1.807, 2.05) is 54.1 Å². The molecule has 1 unspecified atom stereocenters. The number of aryl methyl sites for hydroxylation is 1. The highest BCUT2D eigenvalue weighted by Gasteiger charge is 2.41. The minimum Gasteiger partial charge on any atom is -0.383 e. The maximum Gasteiger partial charge on any atom is 0.270 e. The van der Waals surface area contributed by atoms with Crippen LogP contribution in [0.5, 0.6) is 0 Å². The highest BCUT2D eigenvalue weighted by Crippen LogP contribution is 2.34. The number of carbonyl (C=O) groups excluding carboxylic acids is 1. The van der Waals surface area contributed by atoms with Crippen molar-refractivity contribution in [3.05, 3.63) is 59.4 Å². The largest absolute Gasteiger partial charge is 0.383 e. The van der Waals surface area contributed by atoms with Crippen molar-refractivity contribution in [2.75, 3.05) is 13.1 Å². The monoisotopic (exact) mass is 312 g/mol. The average molecular weight is 312 g/mol. The summed E-state index contributed by atoms with van der Waals surface area (Å²) in [5.74, 6) is -0.00629. The van der Waals surface area contributed by atoms with Crippen LogP contribution in [0.15, 0.2) is 42.6 Å². The Morgan fingerprint density at radius 2 is 1.96 bits per heavy atom. The maximum absolute atomic E-state index is 12.8. The molecular formula is C19H24N2O2. The van der Waals surface area contributed by atoms with Gasteiger partial charge in [0.05, 0.1) is 6.54 Å². The fraction of sp³-hybridized carbons (Fsp3) is 0.421. The van der Waals surface area contributed by atoms with E-state index >= 15 is 0 Å². The third kappa shape index (κ3) is 2.79. The highest BCUT2D eigenvalue weighted by atomic mass is 16.3. The van der Waals surface area contributed by atoms with Gasteiger partial charge in [-0.1, -0.05) is 24.3 Å². The second-order valence-corrected chi connectivity index (χ2v) is 6.72. The fourth-order valence-electron chi connectivity index (χ4n) is 3.47. The number of β-amino-alcohol motifs (C(OH)–C–C–N with tert-alkyl or cyclic N) is 1. The second kappa shape index (κ2) is 5.85. The lowest BCUT2D eigenvalue weighted by atomic mass is 9.89. The molecule has 0 radical (unpaired) electrons. The lowest BCUT2D eigenvalue weighted by molar-refractivity contribution is 0.0409. The van der Waals surface area contributed by atoms with Crippen LogP contribution >= 0.6 is 0 Å². The number of nitrogens with zero attached hydrogens (tertiary/aromatic N) is 2. The molecular weight excluding hydrogens is 288 g/mol. The molecule has 4 nitrogen and oxygen atoms in total. The molecule has 1 amide bonds. The Hall–Kier alpha value is -2.07. The van der Waals surface area contributed by atoms with Gasteiger partial charge in [-0.15, -0.1) is 0 Å². The average Bonchev–Trinajstić information content (AvgIpc) is 3.14. The van der Waals surface area contributed by atoms with Crippen LogP contribution in [0.3, 0.4) is 0 Å². The van der Waals surface area contributed by atoms with Gasteiger partial charge in [-0.25, -0.2) is 0 Å². The molecule has 0 saturated carbocycles. The number of likely N-dealkylation sites (tertiary alicyclic amines) is 1. The van der Waals surface area contributed by atoms with Gasteiger partial charge in [-0.3, -0.25) is 4.79 Å². The summed E-state index contributed by atoms with van der Waals surface area (Å²) < 4.78 is 1.98. The summed E-state index contributed by atoms with van der Waals surface area (Å²) in [6, 6.07) is 11.9. The van der Waals surface area contributed by atoms with Crippen LogP contribution in [0.2, 0.25) is 0 Å². The summed E-state index contributed by atoms with van der Waals surface area (Å²) in [4.78, 5) is 14.6. The first kappa shape index (κ1) is 15.8. The van der Waals surface area contributed by atoms with E-state index in [0.29, 0.717) is 25.2 Å². The van der Waals surface area contributed by atoms with Crippen molar-refractivity contribution in [3.63, 3.8) is 0 Å². The molecule has 1 aliphatic heterocycles. The number of hydrogen-bond donors (Lipinski definition) is 1. The Morgan fingerprint density at radius 3 is 2.65 bits per heavy atom. The summed E-state index contributed by atoms with van der Waals surface area (Å²) in [5.41, 5.74) is 1.73. The first-order valence-electron chi connectivity index (χ1n) is 8.17. The molecule has 4 heteroatoms. The molecule has 0 bridgehead atoms. The van der Waals surface area contributed by atoms with Crippen LogP contribution in [-0.4, -0.2) is 33.6 Å². The predicted octanol–water partition coefficient (Wildman–Crippen LogP) is 3.11. The predicted molar refractivity (Wildman–Crippen MR) is 90.4 cm³/mol. The van der Waals surface area contributed by atoms with Gasteiger partial charge in [0.2, 0.25) is 0 Å². The molecule has 3 rings (SSSR count). The van der Waals surface area contributed by atoms with Crippen molar-refractivity contribution in [2.45, 2.75) is 38.8 Å². The van der Waals surface area contributed by atoms with Crippen LogP contribution in [0, 0.1) is 6.92 Å². The molecule has 1 saturated heterocycles. The second-order valence-electron chi connectivity index (χ2n) is 6.72. The Bertz CT molecular complexity index is 720. The third-order valence-corrected chi connectivity index (χ3v) is 4.74. The summed E-state index contributed by atoms with van der Waals surface area (Å²) >= 11 is 0. The molecule has 2 aromatic rings. The van der Waals surface area contributed by atoms with Crippen molar-refractivity contribution in [1.29, 1.82) is 0 Å². The van der Waals surface area contributed by atoms with E-state index in [1.165, 1.54) is 0 Å². The van der Waals surface area contributed by atoms with Crippen LogP contribution in [0.25, 0.3) is 0 Å². The molecule has 2 heterocycles. The van der Waals surface area contributed by atoms with Gasteiger partial charge in [0.1, 0.15) is 11.3 Å². The molecule has 1 aromatic carbocycles. The van der Waals surface area contributed by atoms with Crippen molar-refractivity contribution >= 4 is 5.91 Å². The smallest absolute Gasteiger partial charge is 0.270 e. The summed E-state index contributed by atoms with van der Waals surface area (Å²) in [7, 11) is 0. The highest BCUT2D eigenvalue weighted by molar-refractivity contribution is 5.93. The number of aliphatic hydroxyl groups is 1. The van der Waals surface area contributed by atoms with Gasteiger partial charge in [-0.2, -0.15) is 0 Å². The van der Waals surface area contributed by atoms with E-state index in [0.717, 1.165) is 11.1 Å². The van der Waals surface area contributed by atoms with Gasteiger partial charge in [0.25, 0.3) is 5.91 Å². The first-order valence-corrected chi connectivity index (χ1v) is 8.17. The van der Waals surface area contributed by atoms with Crippen LogP contribution in [0.1, 0.15) is 47.9 Å². The standard InChI is InChI=1S/C19H24N2O2/c1-14(2)21-11-6-9-17(21)18(22)20-12-10-19(23,13-20)16-8-5-4-7-15(16)3/h4-9,11,14,23H,10,12-13H2,1-3H3. The number of hydrogen-bond acceptors (Lipinski definition) is 2. The van der Waals surface area contributed by atoms with Gasteiger partial charge >= 0.3 is 0 Å². The van der Waals surface area contributed by atoms with Crippen LogP contribution in [0.4, 0.5) is 0 Å². The minimum atomic E-state index is -0.948. The Kier molecular flexibility index (Phi) is 4.02. The number of rotatable bonds is 3. The molecule has 1 fully saturated rings. The summed E-state index contributed by atoms with van der Waals surface area (Å²) in [6.45, 7) is 7.05. The van der Waals surface area contributed by atoms with E-state index in [4.69, 9.17) is 0 Å². The SMILES string of the molecule is Cc1ccccc1C1(O)CCN(C(=O)c2cccn2C(C)C)C1. The lowest BCUT2D eigenvalue weighted by Crippen LogP contribution is -2.35. The van der Waals surface area contributed by atoms with Gasteiger partial charge < -0.3 is 14.6 Å². The Labute approximate surface area is 137 Å². The molecule has 122 valence electrons. The van der Waals surface area contributed by atoms with Gasteiger partial charge in [0, 0.05) is 18.8 Å². The van der Waals surface area contributed by atoms with E-state index in [9.17, 15) is 9.90 Å². The Balaban J connectivity index is 1.83. The van der Waals surface area contributed by atoms with E-state index in [1.54, 1.807) is 4.90 Å². The van der Waals surface area contributed by atoms with Crippen LogP contribution < -0.4 is 0 Å². The molecule has 1 aliphatic rings. The number of carbonyl (C=O) groups is 1. The van der Waals surface area contributed by atoms with Crippen molar-refractivity contribution in [1.82, 2.24) is 9.47 Å². The number of amides is 1. The van der Waals surface area contributed by atoms with Crippen molar-refractivity contribution in [2.24, 2.45) is 0 Å². The number of aromatic nitrogens is 1. The molecule has 1 atom stereocenters. The van der Waals surface area contributed by atoms with Crippen molar-refractivity contribution < 1.29 is 9.90 Å². The third-order valence-electron chi connectivity index (χ3n) is 4.74. The zero-order chi connectivity index (χ0) is 16.6. The zero-order valence-corrected chi connectivity index (χ0v) is 14.0. The van der Waals surface area contributed by atoms with E-state index < -0.39 is 5.60 Å². The van der Waals surface area contributed by atoms with Gasteiger partial charge in [0.15, 0.2) is 0 Å². The van der Waals surface area contributed by atoms with Crippen LogP contribution in [-0.2, 0) is 5.60 Å². The molecule has 0 spiro atoms.